The van der Waals surface area contributed by atoms with Gasteiger partial charge in [-0.25, -0.2) is 23.1 Å². The zero-order valence-corrected chi connectivity index (χ0v) is 22.3. The van der Waals surface area contributed by atoms with Gasteiger partial charge in [0.1, 0.15) is 5.69 Å². The zero-order valence-electron chi connectivity index (χ0n) is 21.5. The molecule has 0 saturated carbocycles. The molecular weight excluding hydrogens is 592 g/mol. The van der Waals surface area contributed by atoms with Crippen molar-refractivity contribution in [1.82, 2.24) is 30.0 Å². The van der Waals surface area contributed by atoms with Crippen molar-refractivity contribution in [2.75, 3.05) is 12.4 Å². The van der Waals surface area contributed by atoms with Crippen molar-refractivity contribution in [2.24, 2.45) is 0 Å². The molecule has 1 aliphatic heterocycles. The molecule has 1 aliphatic rings. The van der Waals surface area contributed by atoms with Crippen LogP contribution in [0.3, 0.4) is 0 Å². The summed E-state index contributed by atoms with van der Waals surface area (Å²) in [5, 5.41) is 9.84. The van der Waals surface area contributed by atoms with Gasteiger partial charge < -0.3 is 9.64 Å². The Kier molecular flexibility index (Phi) is 7.53. The lowest BCUT2D eigenvalue weighted by Gasteiger charge is -2.16. The van der Waals surface area contributed by atoms with E-state index in [0.29, 0.717) is 28.5 Å². The van der Waals surface area contributed by atoms with E-state index in [4.69, 9.17) is 4.74 Å². The smallest absolute Gasteiger partial charge is 0.419 e. The molecule has 17 heteroatoms. The van der Waals surface area contributed by atoms with Gasteiger partial charge in [0.05, 0.1) is 41.9 Å². The molecule has 4 aromatic heterocycles. The van der Waals surface area contributed by atoms with E-state index in [1.54, 1.807) is 6.92 Å². The second-order valence-corrected chi connectivity index (χ2v) is 9.97. The number of halogens is 6. The molecule has 0 bridgehead atoms. The Bertz CT molecular complexity index is 1690. The SMILES string of the molecule is COc1nnc(C(F)F)cc1-c1cc(C)ncc1C(=O)Nc1nc2c(s1)CN(C(=O)c1nccc(C(F)(F)F)c1F)C2. The minimum atomic E-state index is -5.00. The molecule has 2 amide bonds. The third-order valence-corrected chi connectivity index (χ3v) is 7.13. The normalized spacial score (nSPS) is 12.9. The van der Waals surface area contributed by atoms with Crippen LogP contribution >= 0.6 is 11.3 Å². The van der Waals surface area contributed by atoms with Crippen molar-refractivity contribution < 1.29 is 40.7 Å². The highest BCUT2D eigenvalue weighted by molar-refractivity contribution is 7.16. The molecule has 42 heavy (non-hydrogen) atoms. The number of carbonyl (C=O) groups is 2. The number of ether oxygens (including phenoxy) is 1. The number of rotatable bonds is 6. The Morgan fingerprint density at radius 3 is 2.55 bits per heavy atom. The van der Waals surface area contributed by atoms with Crippen molar-refractivity contribution >= 4 is 28.3 Å². The predicted octanol–water partition coefficient (Wildman–Crippen LogP) is 5.21. The molecule has 218 valence electrons. The number of pyridine rings is 2. The monoisotopic (exact) mass is 609 g/mol. The number of hydrogen-bond acceptors (Lipinski definition) is 9. The zero-order chi connectivity index (χ0) is 30.3. The molecule has 0 spiro atoms. The van der Waals surface area contributed by atoms with Gasteiger partial charge in [0.25, 0.3) is 18.2 Å². The first-order valence-electron chi connectivity index (χ1n) is 11.8. The first-order chi connectivity index (χ1) is 19.9. The van der Waals surface area contributed by atoms with E-state index in [-0.39, 0.29) is 40.8 Å². The van der Waals surface area contributed by atoms with Gasteiger partial charge in [0.2, 0.25) is 5.88 Å². The Balaban J connectivity index is 1.36. The largest absolute Gasteiger partial charge is 0.479 e. The fourth-order valence-electron chi connectivity index (χ4n) is 4.17. The number of methoxy groups -OCH3 is 1. The highest BCUT2D eigenvalue weighted by atomic mass is 32.1. The minimum Gasteiger partial charge on any atom is -0.479 e. The molecule has 0 aliphatic carbocycles. The van der Waals surface area contributed by atoms with Gasteiger partial charge in [-0.05, 0) is 25.1 Å². The number of anilines is 1. The Hall–Kier alpha value is -4.67. The predicted molar refractivity (Wildman–Crippen MR) is 134 cm³/mol. The molecule has 1 N–H and O–H groups in total. The summed E-state index contributed by atoms with van der Waals surface area (Å²) in [5.41, 5.74) is -2.09. The fourth-order valence-corrected chi connectivity index (χ4v) is 5.15. The van der Waals surface area contributed by atoms with Crippen LogP contribution in [-0.4, -0.2) is 49.0 Å². The molecule has 4 aromatic rings. The lowest BCUT2D eigenvalue weighted by atomic mass is 10.0. The van der Waals surface area contributed by atoms with E-state index >= 15 is 0 Å². The maximum Gasteiger partial charge on any atom is 0.419 e. The number of alkyl halides is 5. The second kappa shape index (κ2) is 11.0. The lowest BCUT2D eigenvalue weighted by Crippen LogP contribution is -2.28. The fraction of sp³-hybridized carbons (Fsp3) is 0.240. The second-order valence-electron chi connectivity index (χ2n) is 8.89. The summed E-state index contributed by atoms with van der Waals surface area (Å²) in [7, 11) is 1.27. The number of amides is 2. The topological polar surface area (TPSA) is 123 Å². The van der Waals surface area contributed by atoms with Crippen molar-refractivity contribution in [3.8, 4) is 17.0 Å². The highest BCUT2D eigenvalue weighted by Crippen LogP contribution is 2.36. The first kappa shape index (κ1) is 28.8. The number of hydrogen-bond donors (Lipinski definition) is 1. The van der Waals surface area contributed by atoms with E-state index in [9.17, 15) is 35.9 Å². The van der Waals surface area contributed by atoms with Crippen LogP contribution in [0.25, 0.3) is 11.1 Å². The van der Waals surface area contributed by atoms with Crippen LogP contribution in [0.15, 0.2) is 30.6 Å². The number of aryl methyl sites for hydroxylation is 1. The van der Waals surface area contributed by atoms with Crippen LogP contribution in [-0.2, 0) is 19.3 Å². The van der Waals surface area contributed by atoms with Gasteiger partial charge in [-0.3, -0.25) is 19.9 Å². The Labute approximate surface area is 236 Å². The van der Waals surface area contributed by atoms with E-state index in [1.807, 2.05) is 0 Å². The van der Waals surface area contributed by atoms with Crippen LogP contribution in [0, 0.1) is 12.7 Å². The molecule has 0 fully saturated rings. The summed E-state index contributed by atoms with van der Waals surface area (Å²) in [5.74, 6) is -3.60. The first-order valence-corrected chi connectivity index (χ1v) is 12.7. The van der Waals surface area contributed by atoms with E-state index in [1.165, 1.54) is 19.4 Å². The number of aromatic nitrogens is 5. The van der Waals surface area contributed by atoms with Gasteiger partial charge in [-0.1, -0.05) is 11.3 Å². The minimum absolute atomic E-state index is 0.00891. The number of fused-ring (bicyclic) bond motifs is 1. The summed E-state index contributed by atoms with van der Waals surface area (Å²) in [6, 6.07) is 3.00. The van der Waals surface area contributed by atoms with Crippen molar-refractivity contribution in [3.63, 3.8) is 0 Å². The van der Waals surface area contributed by atoms with E-state index in [0.717, 1.165) is 22.3 Å². The average Bonchev–Trinajstić information content (AvgIpc) is 3.50. The molecule has 5 heterocycles. The maximum absolute atomic E-state index is 14.4. The number of nitrogens with zero attached hydrogens (tertiary/aromatic N) is 6. The van der Waals surface area contributed by atoms with Crippen molar-refractivity contribution in [3.05, 3.63) is 75.2 Å². The summed E-state index contributed by atoms with van der Waals surface area (Å²) < 4.78 is 85.4. The summed E-state index contributed by atoms with van der Waals surface area (Å²) in [4.78, 5) is 39.5. The van der Waals surface area contributed by atoms with Crippen LogP contribution in [0.5, 0.6) is 5.88 Å². The summed E-state index contributed by atoms with van der Waals surface area (Å²) in [6.07, 6.45) is -5.97. The van der Waals surface area contributed by atoms with E-state index in [2.05, 4.69) is 30.5 Å². The Morgan fingerprint density at radius 2 is 1.88 bits per heavy atom. The van der Waals surface area contributed by atoms with Gasteiger partial charge in [0, 0.05) is 29.2 Å². The van der Waals surface area contributed by atoms with E-state index < -0.39 is 47.2 Å². The lowest BCUT2D eigenvalue weighted by molar-refractivity contribution is -0.140. The number of nitrogens with one attached hydrogen (secondary N) is 1. The van der Waals surface area contributed by atoms with Crippen LogP contribution < -0.4 is 10.1 Å². The third kappa shape index (κ3) is 5.46. The average molecular weight is 610 g/mol. The van der Waals surface area contributed by atoms with Crippen molar-refractivity contribution in [1.29, 1.82) is 0 Å². The summed E-state index contributed by atoms with van der Waals surface area (Å²) in [6.45, 7) is 1.37. The molecular formula is C25H17F6N7O3S. The number of carbonyl (C=O) groups excluding carboxylic acids is 2. The standard InChI is InChI=1S/C25H17F6N7O3S/c1-10-5-11(12-6-15(20(27)28)36-37-22(12)41-2)13(7-33-10)21(39)35-24-34-16-8-38(9-17(16)42-24)23(40)19-18(26)14(3-4-32-19)25(29,30)31/h3-7,20H,8-9H2,1-2H3,(H,34,35,39). The molecule has 0 atom stereocenters. The van der Waals surface area contributed by atoms with Gasteiger partial charge in [-0.2, -0.15) is 13.2 Å². The highest BCUT2D eigenvalue weighted by Gasteiger charge is 2.38. The molecule has 0 saturated heterocycles. The molecule has 5 rings (SSSR count). The van der Waals surface area contributed by atoms with Gasteiger partial charge in [-0.15, -0.1) is 10.2 Å². The maximum atomic E-state index is 14.4. The molecule has 0 radical (unpaired) electrons. The van der Waals surface area contributed by atoms with Crippen LogP contribution in [0.1, 0.15) is 54.8 Å². The quantitative estimate of drug-likeness (QED) is 0.296. The van der Waals surface area contributed by atoms with Gasteiger partial charge in [0.15, 0.2) is 16.6 Å². The Morgan fingerprint density at radius 1 is 1.12 bits per heavy atom. The molecule has 10 nitrogen and oxygen atoms in total. The molecule has 0 unspecified atom stereocenters. The van der Waals surface area contributed by atoms with Crippen molar-refractivity contribution in [2.45, 2.75) is 32.6 Å². The summed E-state index contributed by atoms with van der Waals surface area (Å²) >= 11 is 0.994. The third-order valence-electron chi connectivity index (χ3n) is 6.13. The van der Waals surface area contributed by atoms with Crippen LogP contribution in [0.2, 0.25) is 0 Å². The number of thiazole rings is 1. The molecule has 0 aromatic carbocycles. The van der Waals surface area contributed by atoms with Gasteiger partial charge >= 0.3 is 6.18 Å². The van der Waals surface area contributed by atoms with Crippen LogP contribution in [0.4, 0.5) is 31.5 Å².